The van der Waals surface area contributed by atoms with E-state index in [0.717, 1.165) is 22.5 Å². The van der Waals surface area contributed by atoms with E-state index in [2.05, 4.69) is 10.4 Å². The van der Waals surface area contributed by atoms with Crippen molar-refractivity contribution < 1.29 is 4.79 Å². The molecule has 4 aromatic rings. The number of hydrogen-bond acceptors (Lipinski definition) is 3. The molecule has 2 heterocycles. The van der Waals surface area contributed by atoms with Gasteiger partial charge in [-0.15, -0.1) is 11.3 Å². The van der Waals surface area contributed by atoms with Gasteiger partial charge in [0.15, 0.2) is 0 Å². The van der Waals surface area contributed by atoms with Gasteiger partial charge in [-0.1, -0.05) is 42.5 Å². The lowest BCUT2D eigenvalue weighted by atomic mass is 10.1. The van der Waals surface area contributed by atoms with E-state index in [9.17, 15) is 4.79 Å². The van der Waals surface area contributed by atoms with E-state index in [4.69, 9.17) is 0 Å². The molecule has 4 rings (SSSR count). The lowest BCUT2D eigenvalue weighted by Crippen LogP contribution is -2.10. The van der Waals surface area contributed by atoms with Crippen molar-refractivity contribution >= 4 is 22.9 Å². The Hall–Kier alpha value is -3.18. The number of benzene rings is 2. The summed E-state index contributed by atoms with van der Waals surface area (Å²) < 4.78 is 1.83. The molecule has 0 saturated heterocycles. The van der Waals surface area contributed by atoms with Gasteiger partial charge < -0.3 is 5.32 Å². The van der Waals surface area contributed by atoms with Gasteiger partial charge in [-0.05, 0) is 29.6 Å². The number of para-hydroxylation sites is 2. The maximum Gasteiger partial charge on any atom is 0.265 e. The maximum atomic E-state index is 12.4. The molecule has 1 amide bonds. The van der Waals surface area contributed by atoms with Crippen LogP contribution in [0, 0.1) is 0 Å². The number of rotatable bonds is 4. The highest BCUT2D eigenvalue weighted by Crippen LogP contribution is 2.28. The van der Waals surface area contributed by atoms with Gasteiger partial charge in [-0.25, -0.2) is 4.68 Å². The highest BCUT2D eigenvalue weighted by molar-refractivity contribution is 7.12. The van der Waals surface area contributed by atoms with E-state index < -0.39 is 0 Å². The van der Waals surface area contributed by atoms with Crippen molar-refractivity contribution in [3.63, 3.8) is 0 Å². The van der Waals surface area contributed by atoms with Crippen LogP contribution in [-0.2, 0) is 0 Å². The first-order chi connectivity index (χ1) is 12.3. The van der Waals surface area contributed by atoms with Gasteiger partial charge in [-0.3, -0.25) is 4.79 Å². The maximum absolute atomic E-state index is 12.4. The predicted molar refractivity (Wildman–Crippen MR) is 101 cm³/mol. The quantitative estimate of drug-likeness (QED) is 0.574. The average Bonchev–Trinajstić information content (AvgIpc) is 3.35. The summed E-state index contributed by atoms with van der Waals surface area (Å²) >= 11 is 1.42. The Balaban J connectivity index is 1.65. The molecular weight excluding hydrogens is 330 g/mol. The summed E-state index contributed by atoms with van der Waals surface area (Å²) in [6, 6.07) is 21.4. The summed E-state index contributed by atoms with van der Waals surface area (Å²) in [4.78, 5) is 13.1. The van der Waals surface area contributed by atoms with Gasteiger partial charge in [0.1, 0.15) is 0 Å². The largest absolute Gasteiger partial charge is 0.321 e. The second-order valence-electron chi connectivity index (χ2n) is 5.49. The van der Waals surface area contributed by atoms with Crippen LogP contribution >= 0.6 is 11.3 Å². The molecular formula is C20H15N3OS. The number of carbonyl (C=O) groups is 1. The van der Waals surface area contributed by atoms with Crippen LogP contribution in [0.2, 0.25) is 0 Å². The van der Waals surface area contributed by atoms with Crippen molar-refractivity contribution in [3.05, 3.63) is 89.4 Å². The number of nitrogens with one attached hydrogen (secondary N) is 1. The monoisotopic (exact) mass is 345 g/mol. The zero-order chi connectivity index (χ0) is 17.1. The summed E-state index contributed by atoms with van der Waals surface area (Å²) in [5.74, 6) is -0.0992. The molecule has 0 aliphatic carbocycles. The van der Waals surface area contributed by atoms with Crippen LogP contribution < -0.4 is 5.32 Å². The molecule has 0 atom stereocenters. The number of amides is 1. The second-order valence-corrected chi connectivity index (χ2v) is 6.43. The molecule has 0 aliphatic rings. The fraction of sp³-hybridized carbons (Fsp3) is 0. The minimum absolute atomic E-state index is 0.0992. The van der Waals surface area contributed by atoms with Crippen LogP contribution in [0.5, 0.6) is 0 Å². The Morgan fingerprint density at radius 1 is 0.960 bits per heavy atom. The molecule has 4 nitrogen and oxygen atoms in total. The van der Waals surface area contributed by atoms with E-state index in [1.807, 2.05) is 89.2 Å². The number of thiophene rings is 1. The third-order valence-electron chi connectivity index (χ3n) is 3.83. The molecule has 5 heteroatoms. The third-order valence-corrected chi connectivity index (χ3v) is 4.70. The Morgan fingerprint density at radius 3 is 2.56 bits per heavy atom. The molecule has 2 aromatic carbocycles. The van der Waals surface area contributed by atoms with Crippen LogP contribution in [0.3, 0.4) is 0 Å². The normalized spacial score (nSPS) is 10.6. The molecule has 25 heavy (non-hydrogen) atoms. The third kappa shape index (κ3) is 3.22. The van der Waals surface area contributed by atoms with Crippen molar-refractivity contribution in [1.29, 1.82) is 0 Å². The fourth-order valence-electron chi connectivity index (χ4n) is 2.62. The van der Waals surface area contributed by atoms with Crippen molar-refractivity contribution in [3.8, 4) is 16.8 Å². The number of anilines is 1. The zero-order valence-electron chi connectivity index (χ0n) is 13.3. The molecule has 0 spiro atoms. The standard InChI is InChI=1S/C20H15N3OS/c24-20(19-11-6-12-25-19)22-18-10-5-4-9-17(18)15-13-21-23(14-15)16-7-2-1-3-8-16/h1-14H,(H,22,24). The van der Waals surface area contributed by atoms with Crippen LogP contribution in [0.15, 0.2) is 84.5 Å². The summed E-state index contributed by atoms with van der Waals surface area (Å²) in [5.41, 5.74) is 3.66. The second kappa shape index (κ2) is 6.75. The van der Waals surface area contributed by atoms with Crippen LogP contribution in [0.4, 0.5) is 5.69 Å². The van der Waals surface area contributed by atoms with E-state index >= 15 is 0 Å². The van der Waals surface area contributed by atoms with E-state index in [1.54, 1.807) is 0 Å². The Bertz CT molecular complexity index is 991. The van der Waals surface area contributed by atoms with Gasteiger partial charge in [-0.2, -0.15) is 5.10 Å². The fourth-order valence-corrected chi connectivity index (χ4v) is 3.24. The first-order valence-electron chi connectivity index (χ1n) is 7.85. The highest BCUT2D eigenvalue weighted by atomic mass is 32.1. The van der Waals surface area contributed by atoms with Gasteiger partial charge in [0.2, 0.25) is 0 Å². The highest BCUT2D eigenvalue weighted by Gasteiger charge is 2.12. The molecule has 0 fully saturated rings. The van der Waals surface area contributed by atoms with Crippen LogP contribution in [-0.4, -0.2) is 15.7 Å². The lowest BCUT2D eigenvalue weighted by Gasteiger charge is -2.09. The SMILES string of the molecule is O=C(Nc1ccccc1-c1cnn(-c2ccccc2)c1)c1cccs1. The predicted octanol–water partition coefficient (Wildman–Crippen LogP) is 4.85. The summed E-state index contributed by atoms with van der Waals surface area (Å²) in [6.45, 7) is 0. The smallest absolute Gasteiger partial charge is 0.265 e. The van der Waals surface area contributed by atoms with E-state index in [0.29, 0.717) is 4.88 Å². The van der Waals surface area contributed by atoms with Crippen molar-refractivity contribution in [2.45, 2.75) is 0 Å². The summed E-state index contributed by atoms with van der Waals surface area (Å²) in [6.07, 6.45) is 3.77. The Kier molecular flexibility index (Phi) is 4.14. The molecule has 122 valence electrons. The molecule has 0 radical (unpaired) electrons. The summed E-state index contributed by atoms with van der Waals surface area (Å²) in [5, 5.41) is 9.33. The van der Waals surface area contributed by atoms with Crippen molar-refractivity contribution in [1.82, 2.24) is 9.78 Å². The molecule has 2 aromatic heterocycles. The van der Waals surface area contributed by atoms with Gasteiger partial charge in [0.25, 0.3) is 5.91 Å². The topological polar surface area (TPSA) is 46.9 Å². The van der Waals surface area contributed by atoms with E-state index in [-0.39, 0.29) is 5.91 Å². The molecule has 0 saturated carbocycles. The van der Waals surface area contributed by atoms with E-state index in [1.165, 1.54) is 11.3 Å². The molecule has 0 bridgehead atoms. The molecule has 1 N–H and O–H groups in total. The minimum atomic E-state index is -0.0992. The van der Waals surface area contributed by atoms with Crippen molar-refractivity contribution in [2.24, 2.45) is 0 Å². The minimum Gasteiger partial charge on any atom is -0.321 e. The van der Waals surface area contributed by atoms with Gasteiger partial charge in [0, 0.05) is 23.0 Å². The number of aromatic nitrogens is 2. The Labute approximate surface area is 149 Å². The zero-order valence-corrected chi connectivity index (χ0v) is 14.1. The lowest BCUT2D eigenvalue weighted by molar-refractivity contribution is 0.103. The summed E-state index contributed by atoms with van der Waals surface area (Å²) in [7, 11) is 0. The molecule has 0 unspecified atom stereocenters. The molecule has 0 aliphatic heterocycles. The Morgan fingerprint density at radius 2 is 1.76 bits per heavy atom. The first kappa shape index (κ1) is 15.4. The first-order valence-corrected chi connectivity index (χ1v) is 8.73. The number of carbonyl (C=O) groups excluding carboxylic acids is 1. The number of hydrogen-bond donors (Lipinski definition) is 1. The number of nitrogens with zero attached hydrogens (tertiary/aromatic N) is 2. The average molecular weight is 345 g/mol. The van der Waals surface area contributed by atoms with Gasteiger partial charge >= 0.3 is 0 Å². The van der Waals surface area contributed by atoms with Crippen molar-refractivity contribution in [2.75, 3.05) is 5.32 Å². The van der Waals surface area contributed by atoms with Crippen LogP contribution in [0.1, 0.15) is 9.67 Å². The van der Waals surface area contributed by atoms with Gasteiger partial charge in [0.05, 0.1) is 16.8 Å². The van der Waals surface area contributed by atoms with Crippen LogP contribution in [0.25, 0.3) is 16.8 Å².